The molecule has 0 spiro atoms. The molecule has 4 nitrogen and oxygen atoms in total. The number of piperazine rings is 1. The first kappa shape index (κ1) is 13.3. The highest BCUT2D eigenvalue weighted by Crippen LogP contribution is 2.19. The highest BCUT2D eigenvalue weighted by molar-refractivity contribution is 5.25. The third-order valence-corrected chi connectivity index (χ3v) is 3.69. The third kappa shape index (κ3) is 3.00. The van der Waals surface area contributed by atoms with Crippen molar-refractivity contribution in [2.45, 2.75) is 38.9 Å². The van der Waals surface area contributed by atoms with Gasteiger partial charge in [0, 0.05) is 43.5 Å². The van der Waals surface area contributed by atoms with Gasteiger partial charge in [-0.15, -0.1) is 0 Å². The Kier molecular flexibility index (Phi) is 4.55. The van der Waals surface area contributed by atoms with Crippen molar-refractivity contribution in [2.24, 2.45) is 0 Å². The van der Waals surface area contributed by atoms with E-state index in [1.165, 1.54) is 12.0 Å². The third-order valence-electron chi connectivity index (χ3n) is 3.69. The van der Waals surface area contributed by atoms with Gasteiger partial charge < -0.3 is 10.1 Å². The highest BCUT2D eigenvalue weighted by atomic mass is 16.5. The molecule has 0 amide bonds. The molecule has 1 aromatic rings. The largest absolute Gasteiger partial charge is 0.481 e. The van der Waals surface area contributed by atoms with Crippen LogP contribution >= 0.6 is 0 Å². The lowest BCUT2D eigenvalue weighted by Crippen LogP contribution is -2.54. The molecule has 0 radical (unpaired) electrons. The standard InChI is InChI=1S/C14H23N3O/c1-4-13-10-17(11(2)8-16-13)9-12-6-5-7-15-14(12)18-3/h5-7,11,13,16H,4,8-10H2,1-3H3. The smallest absolute Gasteiger partial charge is 0.217 e. The Morgan fingerprint density at radius 1 is 1.56 bits per heavy atom. The van der Waals surface area contributed by atoms with Gasteiger partial charge in [0.25, 0.3) is 0 Å². The predicted octanol–water partition coefficient (Wildman–Crippen LogP) is 1.66. The molecule has 100 valence electrons. The molecule has 0 saturated carbocycles. The molecule has 4 heteroatoms. The van der Waals surface area contributed by atoms with E-state index in [1.54, 1.807) is 13.3 Å². The predicted molar refractivity (Wildman–Crippen MR) is 72.7 cm³/mol. The number of hydrogen-bond donors (Lipinski definition) is 1. The lowest BCUT2D eigenvalue weighted by atomic mass is 10.1. The van der Waals surface area contributed by atoms with Gasteiger partial charge in [0.1, 0.15) is 0 Å². The minimum atomic E-state index is 0.553. The molecule has 1 saturated heterocycles. The van der Waals surface area contributed by atoms with Gasteiger partial charge in [-0.1, -0.05) is 13.0 Å². The van der Waals surface area contributed by atoms with Crippen molar-refractivity contribution < 1.29 is 4.74 Å². The molecule has 2 rings (SSSR count). The average molecular weight is 249 g/mol. The molecular weight excluding hydrogens is 226 g/mol. The summed E-state index contributed by atoms with van der Waals surface area (Å²) in [7, 11) is 1.68. The maximum atomic E-state index is 5.32. The number of nitrogens with one attached hydrogen (secondary N) is 1. The number of aromatic nitrogens is 1. The second-order valence-electron chi connectivity index (χ2n) is 4.96. The maximum absolute atomic E-state index is 5.32. The normalized spacial score (nSPS) is 25.1. The minimum Gasteiger partial charge on any atom is -0.481 e. The minimum absolute atomic E-state index is 0.553. The second-order valence-corrected chi connectivity index (χ2v) is 4.96. The average Bonchev–Trinajstić information content (AvgIpc) is 2.42. The SMILES string of the molecule is CCC1CN(Cc2cccnc2OC)C(C)CN1. The molecule has 1 aliphatic heterocycles. The van der Waals surface area contributed by atoms with Crippen LogP contribution in [0.1, 0.15) is 25.8 Å². The molecule has 2 heterocycles. The van der Waals surface area contributed by atoms with Gasteiger partial charge in [-0.05, 0) is 19.4 Å². The van der Waals surface area contributed by atoms with E-state index >= 15 is 0 Å². The first-order valence-corrected chi connectivity index (χ1v) is 6.70. The van der Waals surface area contributed by atoms with Crippen LogP contribution in [0, 0.1) is 0 Å². The Hall–Kier alpha value is -1.13. The van der Waals surface area contributed by atoms with E-state index in [0.717, 1.165) is 25.5 Å². The van der Waals surface area contributed by atoms with Crippen molar-refractivity contribution in [3.63, 3.8) is 0 Å². The summed E-state index contributed by atoms with van der Waals surface area (Å²) in [4.78, 5) is 6.77. The van der Waals surface area contributed by atoms with E-state index in [0.29, 0.717) is 12.1 Å². The van der Waals surface area contributed by atoms with Gasteiger partial charge in [-0.3, -0.25) is 4.90 Å². The van der Waals surface area contributed by atoms with Crippen molar-refractivity contribution in [3.05, 3.63) is 23.9 Å². The van der Waals surface area contributed by atoms with Crippen LogP contribution in [0.2, 0.25) is 0 Å². The van der Waals surface area contributed by atoms with E-state index in [9.17, 15) is 0 Å². The summed E-state index contributed by atoms with van der Waals surface area (Å²) < 4.78 is 5.32. The van der Waals surface area contributed by atoms with Crippen LogP contribution < -0.4 is 10.1 Å². The molecule has 0 aromatic carbocycles. The Bertz CT molecular complexity index is 383. The number of methoxy groups -OCH3 is 1. The lowest BCUT2D eigenvalue weighted by Gasteiger charge is -2.38. The summed E-state index contributed by atoms with van der Waals surface area (Å²) in [6.07, 6.45) is 2.95. The van der Waals surface area contributed by atoms with Crippen molar-refractivity contribution in [3.8, 4) is 5.88 Å². The van der Waals surface area contributed by atoms with E-state index in [2.05, 4.69) is 35.1 Å². The summed E-state index contributed by atoms with van der Waals surface area (Å²) in [5.41, 5.74) is 1.17. The zero-order valence-corrected chi connectivity index (χ0v) is 11.5. The lowest BCUT2D eigenvalue weighted by molar-refractivity contribution is 0.130. The zero-order chi connectivity index (χ0) is 13.0. The van der Waals surface area contributed by atoms with E-state index in [-0.39, 0.29) is 0 Å². The fraction of sp³-hybridized carbons (Fsp3) is 0.643. The van der Waals surface area contributed by atoms with Gasteiger partial charge in [0.05, 0.1) is 7.11 Å². The van der Waals surface area contributed by atoms with Gasteiger partial charge >= 0.3 is 0 Å². The van der Waals surface area contributed by atoms with Crippen LogP contribution in [0.15, 0.2) is 18.3 Å². The van der Waals surface area contributed by atoms with E-state index < -0.39 is 0 Å². The highest BCUT2D eigenvalue weighted by Gasteiger charge is 2.24. The van der Waals surface area contributed by atoms with Crippen molar-refractivity contribution in [1.82, 2.24) is 15.2 Å². The van der Waals surface area contributed by atoms with Crippen LogP contribution in [0.3, 0.4) is 0 Å². The second kappa shape index (κ2) is 6.16. The molecule has 0 bridgehead atoms. The topological polar surface area (TPSA) is 37.4 Å². The van der Waals surface area contributed by atoms with Crippen LogP contribution in [-0.4, -0.2) is 42.2 Å². The number of ether oxygens (including phenoxy) is 1. The Balaban J connectivity index is 2.07. The molecule has 1 N–H and O–H groups in total. The van der Waals surface area contributed by atoms with E-state index in [1.807, 2.05) is 6.07 Å². The van der Waals surface area contributed by atoms with Crippen LogP contribution in [0.25, 0.3) is 0 Å². The van der Waals surface area contributed by atoms with Crippen molar-refractivity contribution >= 4 is 0 Å². The van der Waals surface area contributed by atoms with Gasteiger partial charge in [-0.2, -0.15) is 0 Å². The quantitative estimate of drug-likeness (QED) is 0.880. The molecule has 2 unspecified atom stereocenters. The van der Waals surface area contributed by atoms with Crippen molar-refractivity contribution in [2.75, 3.05) is 20.2 Å². The van der Waals surface area contributed by atoms with Gasteiger partial charge in [0.15, 0.2) is 0 Å². The number of nitrogens with zero attached hydrogens (tertiary/aromatic N) is 2. The fourth-order valence-corrected chi connectivity index (χ4v) is 2.43. The van der Waals surface area contributed by atoms with Crippen LogP contribution in [0.4, 0.5) is 0 Å². The number of pyridine rings is 1. The number of rotatable bonds is 4. The fourth-order valence-electron chi connectivity index (χ4n) is 2.43. The van der Waals surface area contributed by atoms with Gasteiger partial charge in [-0.25, -0.2) is 4.98 Å². The monoisotopic (exact) mass is 249 g/mol. The summed E-state index contributed by atoms with van der Waals surface area (Å²) in [6, 6.07) is 5.23. The molecule has 1 fully saturated rings. The molecule has 0 aliphatic carbocycles. The molecule has 2 atom stereocenters. The summed E-state index contributed by atoms with van der Waals surface area (Å²) in [6.45, 7) is 7.56. The van der Waals surface area contributed by atoms with Crippen molar-refractivity contribution in [1.29, 1.82) is 0 Å². The molecule has 18 heavy (non-hydrogen) atoms. The van der Waals surface area contributed by atoms with Crippen LogP contribution in [0.5, 0.6) is 5.88 Å². The Morgan fingerprint density at radius 2 is 2.39 bits per heavy atom. The summed E-state index contributed by atoms with van der Waals surface area (Å²) in [5.74, 6) is 0.747. The Morgan fingerprint density at radius 3 is 3.11 bits per heavy atom. The van der Waals surface area contributed by atoms with E-state index in [4.69, 9.17) is 4.74 Å². The zero-order valence-electron chi connectivity index (χ0n) is 11.5. The first-order valence-electron chi connectivity index (χ1n) is 6.70. The molecule has 1 aromatic heterocycles. The van der Waals surface area contributed by atoms with Gasteiger partial charge in [0.2, 0.25) is 5.88 Å². The summed E-state index contributed by atoms with van der Waals surface area (Å²) in [5, 5.41) is 3.57. The Labute approximate surface area is 109 Å². The molecule has 1 aliphatic rings. The van der Waals surface area contributed by atoms with Crippen LogP contribution in [-0.2, 0) is 6.54 Å². The first-order chi connectivity index (χ1) is 8.74. The summed E-state index contributed by atoms with van der Waals surface area (Å²) >= 11 is 0. The molecular formula is C14H23N3O. The maximum Gasteiger partial charge on any atom is 0.217 e. The number of hydrogen-bond acceptors (Lipinski definition) is 4.